The number of benzene rings is 1. The number of carbonyl (C=O) groups excluding carboxylic acids is 1. The summed E-state index contributed by atoms with van der Waals surface area (Å²) in [6, 6.07) is 7.03. The third kappa shape index (κ3) is 3.57. The van der Waals surface area contributed by atoms with Gasteiger partial charge >= 0.3 is 5.97 Å². The number of amides is 1. The number of nitrogens with zero attached hydrogens (tertiary/aromatic N) is 1. The van der Waals surface area contributed by atoms with E-state index in [-0.39, 0.29) is 17.2 Å². The van der Waals surface area contributed by atoms with Crippen molar-refractivity contribution >= 4 is 43.7 Å². The number of rotatable bonds is 4. The third-order valence-corrected chi connectivity index (χ3v) is 4.20. The van der Waals surface area contributed by atoms with E-state index >= 15 is 0 Å². The van der Waals surface area contributed by atoms with Crippen LogP contribution in [0.25, 0.3) is 0 Å². The van der Waals surface area contributed by atoms with E-state index in [0.717, 1.165) is 10.0 Å². The smallest absolute Gasteiger partial charge is 0.305 e. The topological polar surface area (TPSA) is 57.6 Å². The van der Waals surface area contributed by atoms with Gasteiger partial charge in [0.25, 0.3) is 0 Å². The minimum atomic E-state index is -0.907. The Bertz CT molecular complexity index is 506. The molecule has 1 aliphatic heterocycles. The summed E-state index contributed by atoms with van der Waals surface area (Å²) in [4.78, 5) is 24.8. The third-order valence-electron chi connectivity index (χ3n) is 3.09. The Balaban J connectivity index is 2.30. The van der Waals surface area contributed by atoms with E-state index in [1.165, 1.54) is 0 Å². The van der Waals surface area contributed by atoms with Gasteiger partial charge in [0.1, 0.15) is 0 Å². The van der Waals surface area contributed by atoms with Crippen LogP contribution in [0.3, 0.4) is 0 Å². The van der Waals surface area contributed by atoms with Gasteiger partial charge in [-0.15, -0.1) is 0 Å². The fourth-order valence-electron chi connectivity index (χ4n) is 2.27. The second-order valence-corrected chi connectivity index (χ2v) is 6.73. The van der Waals surface area contributed by atoms with E-state index in [9.17, 15) is 9.59 Å². The van der Waals surface area contributed by atoms with Crippen molar-refractivity contribution in [2.24, 2.45) is 0 Å². The van der Waals surface area contributed by atoms with Crippen LogP contribution < -0.4 is 0 Å². The first kappa shape index (κ1) is 14.5. The van der Waals surface area contributed by atoms with Crippen LogP contribution in [0.1, 0.15) is 24.4 Å². The molecule has 2 atom stereocenters. The molecule has 1 saturated heterocycles. The highest BCUT2D eigenvalue weighted by atomic mass is 79.9. The van der Waals surface area contributed by atoms with Gasteiger partial charge in [-0.05, 0) is 17.7 Å². The average Bonchev–Trinajstić information content (AvgIpc) is 2.65. The van der Waals surface area contributed by atoms with Gasteiger partial charge < -0.3 is 10.0 Å². The van der Waals surface area contributed by atoms with E-state index in [2.05, 4.69) is 31.9 Å². The number of likely N-dealkylation sites (tertiary alicyclic amines) is 1. The average molecular weight is 391 g/mol. The van der Waals surface area contributed by atoms with Crippen molar-refractivity contribution in [2.45, 2.75) is 23.7 Å². The molecule has 0 saturated carbocycles. The number of aliphatic carboxylic acids is 1. The van der Waals surface area contributed by atoms with Crippen LogP contribution >= 0.6 is 31.9 Å². The van der Waals surface area contributed by atoms with Crippen molar-refractivity contribution in [3.63, 3.8) is 0 Å². The first-order valence-electron chi connectivity index (χ1n) is 5.88. The van der Waals surface area contributed by atoms with Crippen LogP contribution in [-0.2, 0) is 9.59 Å². The van der Waals surface area contributed by atoms with Gasteiger partial charge in [-0.1, -0.05) is 44.0 Å². The molecule has 1 amide bonds. The van der Waals surface area contributed by atoms with Crippen LogP contribution in [0.2, 0.25) is 0 Å². The summed E-state index contributed by atoms with van der Waals surface area (Å²) in [7, 11) is 0. The lowest BCUT2D eigenvalue weighted by Crippen LogP contribution is -2.32. The molecule has 6 heteroatoms. The SMILES string of the molecule is O=C(O)CC(c1cccc(Br)c1)N1CC(Br)CC1=O. The molecular formula is C13H13Br2NO3. The molecule has 102 valence electrons. The molecule has 1 fully saturated rings. The zero-order valence-electron chi connectivity index (χ0n) is 10.1. The Morgan fingerprint density at radius 3 is 2.79 bits per heavy atom. The van der Waals surface area contributed by atoms with Crippen LogP contribution in [0.4, 0.5) is 0 Å². The summed E-state index contributed by atoms with van der Waals surface area (Å²) in [5.74, 6) is -0.913. The lowest BCUT2D eigenvalue weighted by molar-refractivity contribution is -0.139. The number of alkyl halides is 1. The van der Waals surface area contributed by atoms with Crippen LogP contribution in [0, 0.1) is 0 Å². The van der Waals surface area contributed by atoms with Gasteiger partial charge in [0.15, 0.2) is 0 Å². The normalized spacial score (nSPS) is 20.6. The maximum absolute atomic E-state index is 12.0. The molecule has 19 heavy (non-hydrogen) atoms. The van der Waals surface area contributed by atoms with Gasteiger partial charge in [-0.25, -0.2) is 0 Å². The largest absolute Gasteiger partial charge is 0.481 e. The molecule has 1 heterocycles. The van der Waals surface area contributed by atoms with Gasteiger partial charge in [-0.2, -0.15) is 0 Å². The fraction of sp³-hybridized carbons (Fsp3) is 0.385. The molecule has 4 nitrogen and oxygen atoms in total. The molecule has 0 spiro atoms. The van der Waals surface area contributed by atoms with E-state index in [1.54, 1.807) is 4.90 Å². The summed E-state index contributed by atoms with van der Waals surface area (Å²) in [5.41, 5.74) is 0.840. The van der Waals surface area contributed by atoms with E-state index in [0.29, 0.717) is 13.0 Å². The van der Waals surface area contributed by atoms with E-state index < -0.39 is 12.0 Å². The zero-order valence-corrected chi connectivity index (χ0v) is 13.2. The fourth-order valence-corrected chi connectivity index (χ4v) is 3.28. The molecule has 0 aromatic heterocycles. The van der Waals surface area contributed by atoms with Crippen LogP contribution in [-0.4, -0.2) is 33.3 Å². The second-order valence-electron chi connectivity index (χ2n) is 4.52. The standard InChI is InChI=1S/C13H13Br2NO3/c14-9-3-1-2-8(4-9)11(6-13(18)19)16-7-10(15)5-12(16)17/h1-4,10-11H,5-7H2,(H,18,19). The van der Waals surface area contributed by atoms with Crippen molar-refractivity contribution in [2.75, 3.05) is 6.54 Å². The van der Waals surface area contributed by atoms with Crippen molar-refractivity contribution in [1.29, 1.82) is 0 Å². The Hall–Kier alpha value is -0.880. The zero-order chi connectivity index (χ0) is 14.0. The van der Waals surface area contributed by atoms with Crippen molar-refractivity contribution in [3.8, 4) is 0 Å². The van der Waals surface area contributed by atoms with Gasteiger partial charge in [0, 0.05) is 22.3 Å². The number of carboxylic acids is 1. The number of halogens is 2. The molecule has 2 rings (SSSR count). The van der Waals surface area contributed by atoms with Crippen LogP contribution in [0.15, 0.2) is 28.7 Å². The van der Waals surface area contributed by atoms with Crippen molar-refractivity contribution < 1.29 is 14.7 Å². The predicted octanol–water partition coefficient (Wildman–Crippen LogP) is 2.96. The lowest BCUT2D eigenvalue weighted by atomic mass is 10.0. The number of hydrogen-bond donors (Lipinski definition) is 1. The van der Waals surface area contributed by atoms with Crippen molar-refractivity contribution in [1.82, 2.24) is 4.90 Å². The highest BCUT2D eigenvalue weighted by molar-refractivity contribution is 9.10. The summed E-state index contributed by atoms with van der Waals surface area (Å²) < 4.78 is 0.877. The van der Waals surface area contributed by atoms with Gasteiger partial charge in [0.05, 0.1) is 12.5 Å². The molecular weight excluding hydrogens is 378 g/mol. The monoisotopic (exact) mass is 389 g/mol. The molecule has 0 aliphatic carbocycles. The van der Waals surface area contributed by atoms with Crippen molar-refractivity contribution in [3.05, 3.63) is 34.3 Å². The Kier molecular flexibility index (Phi) is 4.62. The number of carboxylic acid groups (broad SMARTS) is 1. The predicted molar refractivity (Wildman–Crippen MR) is 78.2 cm³/mol. The molecule has 1 aromatic carbocycles. The highest BCUT2D eigenvalue weighted by Crippen LogP contribution is 2.32. The quantitative estimate of drug-likeness (QED) is 0.804. The number of carbonyl (C=O) groups is 2. The second kappa shape index (κ2) is 6.05. The summed E-state index contributed by atoms with van der Waals surface area (Å²) in [5, 5.41) is 9.07. The summed E-state index contributed by atoms with van der Waals surface area (Å²) >= 11 is 6.79. The Labute approximate surface area is 128 Å². The maximum atomic E-state index is 12.0. The van der Waals surface area contributed by atoms with Gasteiger partial charge in [0.2, 0.25) is 5.91 Å². The minimum Gasteiger partial charge on any atom is -0.481 e. The minimum absolute atomic E-state index is 0.00639. The van der Waals surface area contributed by atoms with E-state index in [1.807, 2.05) is 24.3 Å². The Morgan fingerprint density at radius 2 is 2.26 bits per heavy atom. The highest BCUT2D eigenvalue weighted by Gasteiger charge is 2.34. The molecule has 1 N–H and O–H groups in total. The van der Waals surface area contributed by atoms with E-state index in [4.69, 9.17) is 5.11 Å². The molecule has 1 aromatic rings. The molecule has 1 aliphatic rings. The molecule has 2 unspecified atom stereocenters. The van der Waals surface area contributed by atoms with Crippen LogP contribution in [0.5, 0.6) is 0 Å². The molecule has 0 bridgehead atoms. The maximum Gasteiger partial charge on any atom is 0.305 e. The summed E-state index contributed by atoms with van der Waals surface area (Å²) in [6.07, 6.45) is 0.339. The summed E-state index contributed by atoms with van der Waals surface area (Å²) in [6.45, 7) is 0.545. The van der Waals surface area contributed by atoms with Gasteiger partial charge in [-0.3, -0.25) is 9.59 Å². The Morgan fingerprint density at radius 1 is 1.53 bits per heavy atom. The number of hydrogen-bond acceptors (Lipinski definition) is 2. The lowest BCUT2D eigenvalue weighted by Gasteiger charge is -2.27. The molecule has 0 radical (unpaired) electrons. The first-order chi connectivity index (χ1) is 8.97. The first-order valence-corrected chi connectivity index (χ1v) is 7.59.